The quantitative estimate of drug-likeness (QED) is 0.839. The summed E-state index contributed by atoms with van der Waals surface area (Å²) in [7, 11) is 0. The SMILES string of the molecule is CCN(CC(F)(F)F)C(=O)Cc1ccc(S)cc1. The smallest absolute Gasteiger partial charge is 0.334 e. The first-order valence-corrected chi connectivity index (χ1v) is 5.89. The van der Waals surface area contributed by atoms with E-state index < -0.39 is 18.6 Å². The third kappa shape index (κ3) is 5.00. The monoisotopic (exact) mass is 277 g/mol. The third-order valence-electron chi connectivity index (χ3n) is 2.40. The van der Waals surface area contributed by atoms with E-state index in [0.717, 1.165) is 9.80 Å². The Balaban J connectivity index is 2.65. The Bertz CT molecular complexity index is 403. The minimum absolute atomic E-state index is 0.0298. The van der Waals surface area contributed by atoms with Gasteiger partial charge in [0.15, 0.2) is 0 Å². The van der Waals surface area contributed by atoms with Gasteiger partial charge in [0.1, 0.15) is 6.54 Å². The van der Waals surface area contributed by atoms with Crippen LogP contribution in [0.5, 0.6) is 0 Å². The molecule has 1 amide bonds. The Kier molecular flexibility index (Phi) is 5.07. The molecule has 0 heterocycles. The van der Waals surface area contributed by atoms with E-state index in [2.05, 4.69) is 12.6 Å². The van der Waals surface area contributed by atoms with Crippen LogP contribution in [0.15, 0.2) is 29.2 Å². The molecule has 0 bridgehead atoms. The summed E-state index contributed by atoms with van der Waals surface area (Å²) in [6.45, 7) is 0.371. The molecule has 0 unspecified atom stereocenters. The zero-order chi connectivity index (χ0) is 13.8. The van der Waals surface area contributed by atoms with Gasteiger partial charge in [0.05, 0.1) is 6.42 Å². The van der Waals surface area contributed by atoms with Gasteiger partial charge in [-0.05, 0) is 24.6 Å². The van der Waals surface area contributed by atoms with Crippen molar-refractivity contribution < 1.29 is 18.0 Å². The van der Waals surface area contributed by atoms with Gasteiger partial charge in [0, 0.05) is 11.4 Å². The normalized spacial score (nSPS) is 11.4. The van der Waals surface area contributed by atoms with Gasteiger partial charge in [-0.1, -0.05) is 12.1 Å². The lowest BCUT2D eigenvalue weighted by Crippen LogP contribution is -2.39. The number of hydrogen-bond acceptors (Lipinski definition) is 2. The molecular weight excluding hydrogens is 263 g/mol. The molecule has 18 heavy (non-hydrogen) atoms. The molecule has 6 heteroatoms. The van der Waals surface area contributed by atoms with Crippen molar-refractivity contribution in [1.29, 1.82) is 0 Å². The third-order valence-corrected chi connectivity index (χ3v) is 2.69. The fourth-order valence-corrected chi connectivity index (χ4v) is 1.64. The summed E-state index contributed by atoms with van der Waals surface area (Å²) in [5.74, 6) is -0.526. The number of benzene rings is 1. The van der Waals surface area contributed by atoms with E-state index in [1.165, 1.54) is 6.92 Å². The second kappa shape index (κ2) is 6.13. The van der Waals surface area contributed by atoms with Crippen molar-refractivity contribution in [2.24, 2.45) is 0 Å². The predicted octanol–water partition coefficient (Wildman–Crippen LogP) is 2.93. The van der Waals surface area contributed by atoms with Gasteiger partial charge in [-0.25, -0.2) is 0 Å². The van der Waals surface area contributed by atoms with Gasteiger partial charge in [-0.3, -0.25) is 4.79 Å². The van der Waals surface area contributed by atoms with Gasteiger partial charge in [0.2, 0.25) is 5.91 Å². The van der Waals surface area contributed by atoms with Gasteiger partial charge >= 0.3 is 6.18 Å². The Hall–Kier alpha value is -1.17. The number of carbonyl (C=O) groups excluding carboxylic acids is 1. The first kappa shape index (κ1) is 14.9. The Morgan fingerprint density at radius 2 is 1.83 bits per heavy atom. The summed E-state index contributed by atoms with van der Waals surface area (Å²) in [5, 5.41) is 0. The van der Waals surface area contributed by atoms with Crippen LogP contribution in [0, 0.1) is 0 Å². The number of halogens is 3. The maximum atomic E-state index is 12.2. The Labute approximate surface area is 109 Å². The molecule has 2 nitrogen and oxygen atoms in total. The van der Waals surface area contributed by atoms with Crippen LogP contribution in [0.25, 0.3) is 0 Å². The maximum Gasteiger partial charge on any atom is 0.406 e. The van der Waals surface area contributed by atoms with Crippen molar-refractivity contribution in [3.05, 3.63) is 29.8 Å². The topological polar surface area (TPSA) is 20.3 Å². The summed E-state index contributed by atoms with van der Waals surface area (Å²) >= 11 is 4.09. The van der Waals surface area contributed by atoms with Crippen LogP contribution < -0.4 is 0 Å². The molecule has 1 aromatic rings. The highest BCUT2D eigenvalue weighted by atomic mass is 32.1. The number of carbonyl (C=O) groups is 1. The van der Waals surface area contributed by atoms with Gasteiger partial charge in [-0.2, -0.15) is 13.2 Å². The van der Waals surface area contributed by atoms with Crippen molar-refractivity contribution in [2.75, 3.05) is 13.1 Å². The number of likely N-dealkylation sites (N-methyl/N-ethyl adjacent to an activating group) is 1. The van der Waals surface area contributed by atoms with E-state index in [9.17, 15) is 18.0 Å². The first-order valence-electron chi connectivity index (χ1n) is 5.44. The molecule has 0 atom stereocenters. The van der Waals surface area contributed by atoms with Crippen LogP contribution in [0.3, 0.4) is 0 Å². The minimum atomic E-state index is -4.36. The van der Waals surface area contributed by atoms with Gasteiger partial charge in [0.25, 0.3) is 0 Å². The van der Waals surface area contributed by atoms with E-state index in [0.29, 0.717) is 5.56 Å². The van der Waals surface area contributed by atoms with E-state index in [1.807, 2.05) is 0 Å². The summed E-state index contributed by atoms with van der Waals surface area (Å²) in [4.78, 5) is 13.3. The molecule has 0 aliphatic heterocycles. The predicted molar refractivity (Wildman–Crippen MR) is 65.7 cm³/mol. The number of rotatable bonds is 4. The molecule has 100 valence electrons. The summed E-state index contributed by atoms with van der Waals surface area (Å²) in [6, 6.07) is 6.76. The average Bonchev–Trinajstić information content (AvgIpc) is 2.27. The highest BCUT2D eigenvalue weighted by Gasteiger charge is 2.32. The van der Waals surface area contributed by atoms with E-state index in [4.69, 9.17) is 0 Å². The van der Waals surface area contributed by atoms with Crippen LogP contribution in [0.4, 0.5) is 13.2 Å². The fourth-order valence-electron chi connectivity index (χ4n) is 1.49. The number of alkyl halides is 3. The molecule has 0 N–H and O–H groups in total. The van der Waals surface area contributed by atoms with Crippen LogP contribution >= 0.6 is 12.6 Å². The molecule has 0 fully saturated rings. The highest BCUT2D eigenvalue weighted by molar-refractivity contribution is 7.80. The van der Waals surface area contributed by atoms with Crippen LogP contribution in [0.2, 0.25) is 0 Å². The maximum absolute atomic E-state index is 12.2. The van der Waals surface area contributed by atoms with E-state index in [-0.39, 0.29) is 13.0 Å². The van der Waals surface area contributed by atoms with Crippen molar-refractivity contribution in [3.8, 4) is 0 Å². The van der Waals surface area contributed by atoms with Crippen molar-refractivity contribution in [1.82, 2.24) is 4.90 Å². The summed E-state index contributed by atoms with van der Waals surface area (Å²) < 4.78 is 36.7. The van der Waals surface area contributed by atoms with E-state index >= 15 is 0 Å². The van der Waals surface area contributed by atoms with Crippen molar-refractivity contribution in [2.45, 2.75) is 24.4 Å². The standard InChI is InChI=1S/C12H14F3NOS/c1-2-16(8-12(13,14)15)11(17)7-9-3-5-10(18)6-4-9/h3-6,18H,2,7-8H2,1H3. The number of thiol groups is 1. The zero-order valence-electron chi connectivity index (χ0n) is 9.87. The van der Waals surface area contributed by atoms with Crippen LogP contribution in [-0.2, 0) is 11.2 Å². The van der Waals surface area contributed by atoms with Crippen LogP contribution in [0.1, 0.15) is 12.5 Å². The fraction of sp³-hybridized carbons (Fsp3) is 0.417. The lowest BCUT2D eigenvalue weighted by molar-refractivity contribution is -0.160. The number of hydrogen-bond donors (Lipinski definition) is 1. The molecule has 0 saturated carbocycles. The van der Waals surface area contributed by atoms with E-state index in [1.54, 1.807) is 24.3 Å². The lowest BCUT2D eigenvalue weighted by atomic mass is 10.1. The van der Waals surface area contributed by atoms with Gasteiger partial charge in [-0.15, -0.1) is 12.6 Å². The largest absolute Gasteiger partial charge is 0.406 e. The van der Waals surface area contributed by atoms with Crippen molar-refractivity contribution >= 4 is 18.5 Å². The zero-order valence-corrected chi connectivity index (χ0v) is 10.8. The number of amides is 1. The summed E-state index contributed by atoms with van der Waals surface area (Å²) in [6.07, 6.45) is -4.39. The molecule has 0 aromatic heterocycles. The summed E-state index contributed by atoms with van der Waals surface area (Å²) in [5.41, 5.74) is 0.679. The Morgan fingerprint density at radius 1 is 1.28 bits per heavy atom. The first-order chi connectivity index (χ1) is 8.31. The van der Waals surface area contributed by atoms with Crippen molar-refractivity contribution in [3.63, 3.8) is 0 Å². The molecule has 0 saturated heterocycles. The molecule has 1 rings (SSSR count). The second-order valence-corrected chi connectivity index (χ2v) is 4.38. The lowest BCUT2D eigenvalue weighted by Gasteiger charge is -2.22. The Morgan fingerprint density at radius 3 is 2.28 bits per heavy atom. The molecule has 0 aliphatic rings. The average molecular weight is 277 g/mol. The minimum Gasteiger partial charge on any atom is -0.334 e. The number of nitrogens with zero attached hydrogens (tertiary/aromatic N) is 1. The second-order valence-electron chi connectivity index (χ2n) is 3.87. The highest BCUT2D eigenvalue weighted by Crippen LogP contribution is 2.17. The van der Waals surface area contributed by atoms with Gasteiger partial charge < -0.3 is 4.90 Å². The van der Waals surface area contributed by atoms with Crippen LogP contribution in [-0.4, -0.2) is 30.1 Å². The molecular formula is C12H14F3NOS. The molecule has 0 radical (unpaired) electrons. The molecule has 0 spiro atoms. The molecule has 0 aliphatic carbocycles. The molecule has 1 aromatic carbocycles.